The van der Waals surface area contributed by atoms with E-state index in [1.165, 1.54) is 12.2 Å². The zero-order valence-corrected chi connectivity index (χ0v) is 5.07. The maximum atomic E-state index is 2.39. The van der Waals surface area contributed by atoms with E-state index in [1.807, 2.05) is 0 Å². The molecule has 1 heteroatoms. The molecule has 2 saturated heterocycles. The van der Waals surface area contributed by atoms with Gasteiger partial charge in [-0.15, -0.1) is 0 Å². The van der Waals surface area contributed by atoms with E-state index in [9.17, 15) is 0 Å². The van der Waals surface area contributed by atoms with Crippen LogP contribution in [-0.4, -0.2) is 6.71 Å². The van der Waals surface area contributed by atoms with Crippen LogP contribution in [0.1, 0.15) is 20.3 Å². The summed E-state index contributed by atoms with van der Waals surface area (Å²) in [5.41, 5.74) is 0. The number of hydrogen-bond donors (Lipinski definition) is 0. The third-order valence-electron chi connectivity index (χ3n) is 2.71. The van der Waals surface area contributed by atoms with Crippen LogP contribution in [0.5, 0.6) is 0 Å². The number of fused-ring (bicyclic) bond motifs is 1. The second-order valence-corrected chi connectivity index (χ2v) is 3.79. The fraction of sp³-hybridized carbons (Fsp3) is 1.00. The molecule has 0 bridgehead atoms. The zero-order chi connectivity index (χ0) is 5.07. The quantitative estimate of drug-likeness (QED) is 0.403. The Bertz CT molecular complexity index is 107. The Labute approximate surface area is 45.4 Å². The molecule has 0 aromatic rings. The molecule has 0 aromatic carbocycles. The van der Waals surface area contributed by atoms with Crippen molar-refractivity contribution in [2.75, 3.05) is 0 Å². The highest BCUT2D eigenvalue weighted by atomic mass is 14.4. The Balaban J connectivity index is 2.15. The number of hydrogen-bond acceptors (Lipinski definition) is 0. The predicted molar refractivity (Wildman–Crippen MR) is 33.0 cm³/mol. The topological polar surface area (TPSA) is 0 Å². The van der Waals surface area contributed by atoms with Crippen LogP contribution in [-0.2, 0) is 0 Å². The van der Waals surface area contributed by atoms with Gasteiger partial charge in [0.1, 0.15) is 6.71 Å². The summed E-state index contributed by atoms with van der Waals surface area (Å²) in [6.45, 7) is 5.93. The molecule has 0 nitrogen and oxygen atoms in total. The third-order valence-corrected chi connectivity index (χ3v) is 2.71. The molecule has 1 unspecified atom stereocenters. The van der Waals surface area contributed by atoms with Crippen LogP contribution in [0.15, 0.2) is 0 Å². The van der Waals surface area contributed by atoms with E-state index in [1.54, 1.807) is 6.32 Å². The molecule has 0 amide bonds. The van der Waals surface area contributed by atoms with Crippen molar-refractivity contribution in [2.45, 2.75) is 37.7 Å². The molecule has 7 heavy (non-hydrogen) atoms. The van der Waals surface area contributed by atoms with Gasteiger partial charge in [-0.2, -0.15) is 0 Å². The lowest BCUT2D eigenvalue weighted by Crippen LogP contribution is -2.23. The van der Waals surface area contributed by atoms with Crippen molar-refractivity contribution in [1.82, 2.24) is 0 Å². The Morgan fingerprint density at radius 1 is 1.57 bits per heavy atom. The monoisotopic (exact) mass is 94.1 g/mol. The summed E-state index contributed by atoms with van der Waals surface area (Å²) in [5, 5.41) is 0.755. The van der Waals surface area contributed by atoms with Gasteiger partial charge in [-0.3, -0.25) is 0 Å². The van der Waals surface area contributed by atoms with Crippen molar-refractivity contribution >= 4 is 6.71 Å². The van der Waals surface area contributed by atoms with E-state index in [-0.39, 0.29) is 0 Å². The first-order valence-corrected chi connectivity index (χ1v) is 3.20. The van der Waals surface area contributed by atoms with Gasteiger partial charge in [0, 0.05) is 0 Å². The van der Waals surface area contributed by atoms with Gasteiger partial charge >= 0.3 is 0 Å². The van der Waals surface area contributed by atoms with Crippen molar-refractivity contribution in [3.05, 3.63) is 0 Å². The molecule has 0 saturated carbocycles. The maximum Gasteiger partial charge on any atom is 0.147 e. The molecule has 0 radical (unpaired) electrons. The fourth-order valence-electron chi connectivity index (χ4n) is 2.10. The summed E-state index contributed by atoms with van der Waals surface area (Å²) >= 11 is 0. The predicted octanol–water partition coefficient (Wildman–Crippen LogP) is 2.05. The van der Waals surface area contributed by atoms with Crippen molar-refractivity contribution < 1.29 is 0 Å². The van der Waals surface area contributed by atoms with Gasteiger partial charge in [-0.1, -0.05) is 37.7 Å². The molecule has 38 valence electrons. The molecular weight excluding hydrogens is 82.9 g/mol. The van der Waals surface area contributed by atoms with E-state index >= 15 is 0 Å². The molecule has 0 aliphatic carbocycles. The van der Waals surface area contributed by atoms with E-state index < -0.39 is 0 Å². The van der Waals surface area contributed by atoms with Crippen LogP contribution in [0, 0.1) is 0 Å². The van der Waals surface area contributed by atoms with Gasteiger partial charge in [0.05, 0.1) is 0 Å². The van der Waals surface area contributed by atoms with E-state index in [4.69, 9.17) is 0 Å². The van der Waals surface area contributed by atoms with Crippen molar-refractivity contribution in [3.8, 4) is 0 Å². The Hall–Kier alpha value is 0.0649. The zero-order valence-electron chi connectivity index (χ0n) is 5.07. The van der Waals surface area contributed by atoms with Gasteiger partial charge in [-0.05, 0) is 0 Å². The highest BCUT2D eigenvalue weighted by molar-refractivity contribution is 6.78. The molecule has 0 N–H and O–H groups in total. The lowest BCUT2D eigenvalue weighted by molar-refractivity contribution is 0.568. The first-order valence-electron chi connectivity index (χ1n) is 3.20. The van der Waals surface area contributed by atoms with Gasteiger partial charge < -0.3 is 0 Å². The Morgan fingerprint density at radius 2 is 2.29 bits per heavy atom. The van der Waals surface area contributed by atoms with Crippen molar-refractivity contribution in [1.29, 1.82) is 0 Å². The van der Waals surface area contributed by atoms with Crippen LogP contribution in [0.2, 0.25) is 17.5 Å². The molecule has 2 fully saturated rings. The molecule has 2 aliphatic rings. The summed E-state index contributed by atoms with van der Waals surface area (Å²) in [4.78, 5) is 0. The van der Waals surface area contributed by atoms with Crippen molar-refractivity contribution in [3.63, 3.8) is 0 Å². The van der Waals surface area contributed by atoms with E-state index in [2.05, 4.69) is 13.8 Å². The molecule has 0 spiro atoms. The average Bonchev–Trinajstić information content (AvgIpc) is 2.13. The van der Waals surface area contributed by atoms with Crippen LogP contribution in [0.4, 0.5) is 0 Å². The average molecular weight is 94.0 g/mol. The smallest absolute Gasteiger partial charge is 0.0772 e. The summed E-state index contributed by atoms with van der Waals surface area (Å²) in [5.74, 6) is 1.18. The second kappa shape index (κ2) is 0.786. The molecule has 1 atom stereocenters. The highest BCUT2D eigenvalue weighted by Gasteiger charge is 2.61. The lowest BCUT2D eigenvalue weighted by Gasteiger charge is -2.31. The molecule has 0 aromatic heterocycles. The number of rotatable bonds is 0. The summed E-state index contributed by atoms with van der Waals surface area (Å²) in [6.07, 6.45) is 3.06. The molecule has 2 aliphatic heterocycles. The summed E-state index contributed by atoms with van der Waals surface area (Å²) in [6, 6.07) is 0. The summed E-state index contributed by atoms with van der Waals surface area (Å²) < 4.78 is 0. The standard InChI is InChI=1S/C6H11B/c1-6(2)3-5-4-7(5)6/h5H,3-4H2,1-2H3. The largest absolute Gasteiger partial charge is 0.147 e. The third kappa shape index (κ3) is 0.344. The van der Waals surface area contributed by atoms with Crippen LogP contribution in [0.3, 0.4) is 0 Å². The van der Waals surface area contributed by atoms with E-state index in [0.29, 0.717) is 0 Å². The van der Waals surface area contributed by atoms with E-state index in [0.717, 1.165) is 12.0 Å². The van der Waals surface area contributed by atoms with Gasteiger partial charge in [0.2, 0.25) is 0 Å². The van der Waals surface area contributed by atoms with Crippen LogP contribution in [0.25, 0.3) is 0 Å². The Kier molecular flexibility index (Phi) is 0.449. The minimum Gasteiger partial charge on any atom is -0.0772 e. The van der Waals surface area contributed by atoms with Gasteiger partial charge in [0.15, 0.2) is 0 Å². The Morgan fingerprint density at radius 3 is 2.29 bits per heavy atom. The highest BCUT2D eigenvalue weighted by Crippen LogP contribution is 2.69. The SMILES string of the molecule is CC1(C)CC2CB21. The first kappa shape index (κ1) is 4.00. The maximum absolute atomic E-state index is 2.39. The second-order valence-electron chi connectivity index (χ2n) is 3.79. The molecule has 2 heterocycles. The normalized spacial score (nSPS) is 42.0. The van der Waals surface area contributed by atoms with Gasteiger partial charge in [0.25, 0.3) is 0 Å². The van der Waals surface area contributed by atoms with Gasteiger partial charge in [-0.25, -0.2) is 0 Å². The fourth-order valence-corrected chi connectivity index (χ4v) is 2.10. The van der Waals surface area contributed by atoms with Crippen LogP contribution >= 0.6 is 0 Å². The lowest BCUT2D eigenvalue weighted by atomic mass is 9.36. The first-order chi connectivity index (χ1) is 3.20. The molecular formula is C6H11B. The minimum absolute atomic E-state index is 0.755. The molecule has 2 rings (SSSR count). The van der Waals surface area contributed by atoms with Crippen molar-refractivity contribution in [2.24, 2.45) is 0 Å². The minimum atomic E-state index is 0.755. The summed E-state index contributed by atoms with van der Waals surface area (Å²) in [7, 11) is 0. The van der Waals surface area contributed by atoms with Crippen LogP contribution < -0.4 is 0 Å².